The number of ether oxygens (including phenoxy) is 2. The number of aliphatic hydroxyl groups excluding tert-OH is 2. The summed E-state index contributed by atoms with van der Waals surface area (Å²) in [6.07, 6.45) is 10.9. The number of esters is 1. The Morgan fingerprint density at radius 2 is 1.77 bits per heavy atom. The molecule has 1 saturated carbocycles. The first-order chi connectivity index (χ1) is 18.3. The Hall–Kier alpha value is -2.44. The Morgan fingerprint density at radius 3 is 2.46 bits per heavy atom. The molecule has 6 heteroatoms. The fourth-order valence-corrected chi connectivity index (χ4v) is 8.60. The van der Waals surface area contributed by atoms with E-state index in [1.165, 1.54) is 0 Å². The maximum absolute atomic E-state index is 14.8. The number of hydrogen-bond donors (Lipinski definition) is 2. The van der Waals surface area contributed by atoms with Crippen molar-refractivity contribution in [3.63, 3.8) is 0 Å². The summed E-state index contributed by atoms with van der Waals surface area (Å²) >= 11 is 0. The Morgan fingerprint density at radius 1 is 1.05 bits per heavy atom. The highest BCUT2D eigenvalue weighted by Crippen LogP contribution is 2.58. The van der Waals surface area contributed by atoms with Crippen LogP contribution >= 0.6 is 0 Å². The highest BCUT2D eigenvalue weighted by Gasteiger charge is 2.60. The van der Waals surface area contributed by atoms with Gasteiger partial charge in [0.05, 0.1) is 25.1 Å². The molecule has 6 nitrogen and oxygen atoms in total. The van der Waals surface area contributed by atoms with E-state index in [0.29, 0.717) is 19.3 Å². The Kier molecular flexibility index (Phi) is 7.12. The number of hydrogen-bond acceptors (Lipinski definition) is 6. The third kappa shape index (κ3) is 4.30. The number of aliphatic hydroxyl groups is 2. The molecule has 1 aliphatic heterocycles. The van der Waals surface area contributed by atoms with E-state index in [9.17, 15) is 19.8 Å². The highest BCUT2D eigenvalue weighted by atomic mass is 16.6. The topological polar surface area (TPSA) is 93.1 Å². The minimum absolute atomic E-state index is 0.120. The van der Waals surface area contributed by atoms with Crippen LogP contribution in [0.5, 0.6) is 0 Å². The second-order valence-electron chi connectivity index (χ2n) is 13.2. The van der Waals surface area contributed by atoms with Gasteiger partial charge in [0.1, 0.15) is 11.2 Å². The van der Waals surface area contributed by atoms with Gasteiger partial charge in [0.25, 0.3) is 0 Å². The average molecular weight is 537 g/mol. The molecule has 0 aromatic heterocycles. The summed E-state index contributed by atoms with van der Waals surface area (Å²) in [5, 5.41) is 22.4. The quantitative estimate of drug-likeness (QED) is 0.271. The molecule has 0 amide bonds. The molecule has 2 N–H and O–H groups in total. The van der Waals surface area contributed by atoms with Gasteiger partial charge in [0, 0.05) is 36.0 Å². The zero-order valence-corrected chi connectivity index (χ0v) is 24.4. The molecule has 10 atom stereocenters. The van der Waals surface area contributed by atoms with Crippen molar-refractivity contribution >= 4 is 11.8 Å². The van der Waals surface area contributed by atoms with E-state index >= 15 is 0 Å². The van der Waals surface area contributed by atoms with E-state index < -0.39 is 29.2 Å². The lowest BCUT2D eigenvalue weighted by Gasteiger charge is -2.55. The van der Waals surface area contributed by atoms with Crippen molar-refractivity contribution in [2.24, 2.45) is 40.9 Å². The first-order valence-electron chi connectivity index (χ1n) is 14.5. The molecule has 0 aromatic rings. The van der Waals surface area contributed by atoms with Crippen LogP contribution in [0.15, 0.2) is 58.4 Å². The SMILES string of the molecule is COC1=C(C)CC23C=C(C(=O)O2)C(=O)C2(C)C(C=CC4C(O)C(C)CC(C)C42)C(C)=CCC(O)C(C)=CC3C1. The number of carbonyl (C=O) groups excluding carboxylic acids is 2. The van der Waals surface area contributed by atoms with E-state index in [-0.39, 0.29) is 46.9 Å². The third-order valence-electron chi connectivity index (χ3n) is 10.7. The first kappa shape index (κ1) is 28.1. The standard InChI is InChI=1S/C33H44O6/c1-17-8-11-26(34)18(2)13-22-14-27(38-7)21(5)15-33(22)16-24(31(37)39-33)30(36)32(6)25(17)10-9-23-28(32)19(3)12-20(4)29(23)35/h8-10,13,16,19-20,22-23,25-26,28-29,34-35H,11-12,14-15H2,1-7H3. The van der Waals surface area contributed by atoms with Crippen LogP contribution in [0, 0.1) is 40.9 Å². The van der Waals surface area contributed by atoms with Gasteiger partial charge in [-0.25, -0.2) is 4.79 Å². The number of carbonyl (C=O) groups is 2. The maximum atomic E-state index is 14.8. The minimum atomic E-state index is -1.01. The predicted octanol–water partition coefficient (Wildman–Crippen LogP) is 5.23. The number of methoxy groups -OCH3 is 1. The van der Waals surface area contributed by atoms with Crippen LogP contribution in [0.2, 0.25) is 0 Å². The van der Waals surface area contributed by atoms with E-state index in [1.54, 1.807) is 13.2 Å². The summed E-state index contributed by atoms with van der Waals surface area (Å²) in [7, 11) is 1.65. The second-order valence-corrected chi connectivity index (χ2v) is 13.2. The van der Waals surface area contributed by atoms with Crippen molar-refractivity contribution in [3.8, 4) is 0 Å². The van der Waals surface area contributed by atoms with Crippen molar-refractivity contribution < 1.29 is 29.3 Å². The summed E-state index contributed by atoms with van der Waals surface area (Å²) in [5.41, 5.74) is 0.947. The molecule has 2 bridgehead atoms. The van der Waals surface area contributed by atoms with Crippen LogP contribution in [-0.2, 0) is 19.1 Å². The van der Waals surface area contributed by atoms with Crippen molar-refractivity contribution in [2.75, 3.05) is 7.11 Å². The molecular formula is C33H44O6. The van der Waals surface area contributed by atoms with Crippen molar-refractivity contribution in [1.29, 1.82) is 0 Å². The summed E-state index contributed by atoms with van der Waals surface area (Å²) in [6, 6.07) is 0. The van der Waals surface area contributed by atoms with Gasteiger partial charge in [-0.05, 0) is 68.6 Å². The molecule has 0 radical (unpaired) electrons. The van der Waals surface area contributed by atoms with Crippen molar-refractivity contribution in [1.82, 2.24) is 0 Å². The zero-order valence-electron chi connectivity index (χ0n) is 24.4. The van der Waals surface area contributed by atoms with Gasteiger partial charge >= 0.3 is 5.97 Å². The Labute approximate surface area is 232 Å². The number of ketones is 1. The van der Waals surface area contributed by atoms with E-state index in [1.807, 2.05) is 39.8 Å². The molecule has 5 aliphatic rings. The van der Waals surface area contributed by atoms with Gasteiger partial charge in [-0.1, -0.05) is 50.6 Å². The molecule has 1 fully saturated rings. The average Bonchev–Trinajstić information content (AvgIpc) is 3.21. The van der Waals surface area contributed by atoms with Crippen LogP contribution < -0.4 is 0 Å². The van der Waals surface area contributed by atoms with Gasteiger partial charge in [0.2, 0.25) is 0 Å². The van der Waals surface area contributed by atoms with E-state index in [4.69, 9.17) is 9.47 Å². The monoisotopic (exact) mass is 536 g/mol. The first-order valence-corrected chi connectivity index (χ1v) is 14.5. The fourth-order valence-electron chi connectivity index (χ4n) is 8.60. The Bertz CT molecular complexity index is 1220. The van der Waals surface area contributed by atoms with Gasteiger partial charge in [-0.15, -0.1) is 0 Å². The molecule has 212 valence electrons. The summed E-state index contributed by atoms with van der Waals surface area (Å²) in [5.74, 6) is -0.472. The lowest BCUT2D eigenvalue weighted by atomic mass is 9.48. The van der Waals surface area contributed by atoms with Gasteiger partial charge < -0.3 is 19.7 Å². The molecular weight excluding hydrogens is 492 g/mol. The van der Waals surface area contributed by atoms with Gasteiger partial charge in [0.15, 0.2) is 5.78 Å². The fraction of sp³-hybridized carbons (Fsp3) is 0.636. The molecule has 0 saturated heterocycles. The smallest absolute Gasteiger partial charge is 0.342 e. The van der Waals surface area contributed by atoms with E-state index in [0.717, 1.165) is 28.9 Å². The predicted molar refractivity (Wildman–Crippen MR) is 149 cm³/mol. The van der Waals surface area contributed by atoms with Crippen LogP contribution in [0.25, 0.3) is 0 Å². The number of Topliss-reactive ketones (excluding diaryl/α,β-unsaturated/α-hetero) is 1. The summed E-state index contributed by atoms with van der Waals surface area (Å²) in [6.45, 7) is 12.1. The number of fused-ring (bicyclic) bond motifs is 3. The lowest BCUT2D eigenvalue weighted by molar-refractivity contribution is -0.153. The molecule has 1 spiro atoms. The largest absolute Gasteiger partial charge is 0.501 e. The maximum Gasteiger partial charge on any atom is 0.342 e. The molecule has 0 aromatic carbocycles. The van der Waals surface area contributed by atoms with Gasteiger partial charge in [-0.3, -0.25) is 4.79 Å². The molecule has 4 aliphatic carbocycles. The van der Waals surface area contributed by atoms with E-state index in [2.05, 4.69) is 26.0 Å². The van der Waals surface area contributed by atoms with Crippen LogP contribution in [0.1, 0.15) is 67.2 Å². The zero-order chi connectivity index (χ0) is 28.4. The van der Waals surface area contributed by atoms with Crippen molar-refractivity contribution in [2.45, 2.75) is 85.0 Å². The second kappa shape index (κ2) is 9.88. The molecule has 5 rings (SSSR count). The van der Waals surface area contributed by atoms with Gasteiger partial charge in [-0.2, -0.15) is 0 Å². The third-order valence-corrected chi connectivity index (χ3v) is 10.7. The number of allylic oxidation sites excluding steroid dienone is 3. The van der Waals surface area contributed by atoms with Crippen molar-refractivity contribution in [3.05, 3.63) is 58.4 Å². The molecule has 1 heterocycles. The summed E-state index contributed by atoms with van der Waals surface area (Å²) < 4.78 is 11.8. The highest BCUT2D eigenvalue weighted by molar-refractivity contribution is 6.21. The molecule has 39 heavy (non-hydrogen) atoms. The minimum Gasteiger partial charge on any atom is -0.501 e. The number of rotatable bonds is 1. The molecule has 10 unspecified atom stereocenters. The van der Waals surface area contributed by atoms with Crippen LogP contribution in [-0.4, -0.2) is 46.9 Å². The Balaban J connectivity index is 1.72. The summed E-state index contributed by atoms with van der Waals surface area (Å²) in [4.78, 5) is 28.4. The van der Waals surface area contributed by atoms with Crippen LogP contribution in [0.3, 0.4) is 0 Å². The lowest BCUT2D eigenvalue weighted by Crippen LogP contribution is -2.56. The van der Waals surface area contributed by atoms with Crippen LogP contribution in [0.4, 0.5) is 0 Å². The normalized spacial score (nSPS) is 44.4.